The molecule has 1 rings (SSSR count). The molecule has 0 saturated heterocycles. The normalized spacial score (nSPS) is 11.7. The Labute approximate surface area is 160 Å². The summed E-state index contributed by atoms with van der Waals surface area (Å²) in [6.45, 7) is 7.64. The van der Waals surface area contributed by atoms with Gasteiger partial charge in [0, 0.05) is 25.7 Å². The zero-order valence-corrected chi connectivity index (χ0v) is 17.4. The van der Waals surface area contributed by atoms with Crippen LogP contribution in [0.5, 0.6) is 5.75 Å². The Morgan fingerprint density at radius 1 is 1.08 bits per heavy atom. The highest BCUT2D eigenvalue weighted by Gasteiger charge is 2.05. The second-order valence-electron chi connectivity index (χ2n) is 6.97. The van der Waals surface area contributed by atoms with Crippen molar-refractivity contribution in [1.29, 1.82) is 0 Å². The monoisotopic (exact) mass is 362 g/mol. The lowest BCUT2D eigenvalue weighted by Crippen LogP contribution is -2.37. The van der Waals surface area contributed by atoms with E-state index in [2.05, 4.69) is 59.7 Å². The Morgan fingerprint density at radius 3 is 2.50 bits per heavy atom. The number of aryl methyl sites for hydroxylation is 1. The van der Waals surface area contributed by atoms with Gasteiger partial charge in [0.15, 0.2) is 5.96 Å². The minimum Gasteiger partial charge on any atom is -0.494 e. The summed E-state index contributed by atoms with van der Waals surface area (Å²) in [5, 5.41) is 6.78. The summed E-state index contributed by atoms with van der Waals surface area (Å²) >= 11 is 0. The van der Waals surface area contributed by atoms with E-state index in [1.165, 1.54) is 44.2 Å². The summed E-state index contributed by atoms with van der Waals surface area (Å²) in [4.78, 5) is 6.56. The number of unbranched alkanes of at least 4 members (excludes halogenated alkanes) is 4. The Morgan fingerprint density at radius 2 is 1.81 bits per heavy atom. The van der Waals surface area contributed by atoms with Gasteiger partial charge in [-0.25, -0.2) is 0 Å². The molecule has 0 aromatic heterocycles. The summed E-state index contributed by atoms with van der Waals surface area (Å²) in [6, 6.07) is 6.33. The van der Waals surface area contributed by atoms with Crippen molar-refractivity contribution in [3.63, 3.8) is 0 Å². The fraction of sp³-hybridized carbons (Fsp3) is 0.667. The maximum absolute atomic E-state index is 5.74. The molecule has 0 radical (unpaired) electrons. The molecule has 0 atom stereocenters. The van der Waals surface area contributed by atoms with E-state index in [9.17, 15) is 0 Å². The topological polar surface area (TPSA) is 48.9 Å². The number of aliphatic imine (C=N–C) groups is 1. The molecule has 0 saturated carbocycles. The molecule has 0 aliphatic heterocycles. The minimum absolute atomic E-state index is 0.679. The molecule has 26 heavy (non-hydrogen) atoms. The fourth-order valence-corrected chi connectivity index (χ4v) is 2.79. The molecule has 1 aromatic rings. The van der Waals surface area contributed by atoms with Crippen molar-refractivity contribution in [3.05, 3.63) is 29.3 Å². The zero-order chi connectivity index (χ0) is 19.2. The molecular formula is C21H38N4O. The molecule has 5 nitrogen and oxygen atoms in total. The van der Waals surface area contributed by atoms with Crippen LogP contribution in [-0.2, 0) is 6.54 Å². The van der Waals surface area contributed by atoms with E-state index in [0.717, 1.165) is 23.8 Å². The zero-order valence-electron chi connectivity index (χ0n) is 17.4. The summed E-state index contributed by atoms with van der Waals surface area (Å²) in [7, 11) is 6.09. The van der Waals surface area contributed by atoms with Crippen molar-refractivity contribution in [1.82, 2.24) is 15.5 Å². The molecule has 5 heteroatoms. The van der Waals surface area contributed by atoms with Crippen LogP contribution < -0.4 is 15.4 Å². The number of guanidine groups is 1. The van der Waals surface area contributed by atoms with Gasteiger partial charge in [0.1, 0.15) is 5.75 Å². The Bertz CT molecular complexity index is 529. The first-order valence-corrected chi connectivity index (χ1v) is 9.88. The second kappa shape index (κ2) is 13.5. The van der Waals surface area contributed by atoms with Gasteiger partial charge in [0.05, 0.1) is 6.61 Å². The molecule has 1 aromatic carbocycles. The van der Waals surface area contributed by atoms with E-state index in [1.54, 1.807) is 0 Å². The molecule has 0 unspecified atom stereocenters. The molecule has 0 aliphatic carbocycles. The van der Waals surface area contributed by atoms with Crippen molar-refractivity contribution in [3.8, 4) is 5.75 Å². The average Bonchev–Trinajstić information content (AvgIpc) is 2.61. The fourth-order valence-electron chi connectivity index (χ4n) is 2.79. The highest BCUT2D eigenvalue weighted by atomic mass is 16.5. The van der Waals surface area contributed by atoms with E-state index in [1.807, 2.05) is 14.0 Å². The average molecular weight is 363 g/mol. The van der Waals surface area contributed by atoms with Crippen LogP contribution in [0.2, 0.25) is 0 Å². The summed E-state index contributed by atoms with van der Waals surface area (Å²) in [6.07, 6.45) is 6.37. The number of hydrogen-bond acceptors (Lipinski definition) is 3. The number of ether oxygens (including phenoxy) is 1. The van der Waals surface area contributed by atoms with E-state index in [0.29, 0.717) is 13.2 Å². The standard InChI is InChI=1S/C21H38N4O/c1-6-26-20-16-18(2)12-13-19(20)17-24-21(22-3)23-14-10-8-7-9-11-15-25(4)5/h12-13,16H,6-11,14-15,17H2,1-5H3,(H2,22,23,24). The molecule has 0 heterocycles. The molecule has 2 N–H and O–H groups in total. The van der Waals surface area contributed by atoms with Gasteiger partial charge >= 0.3 is 0 Å². The maximum atomic E-state index is 5.74. The Hall–Kier alpha value is -1.75. The van der Waals surface area contributed by atoms with E-state index >= 15 is 0 Å². The minimum atomic E-state index is 0.679. The summed E-state index contributed by atoms with van der Waals surface area (Å²) in [5.74, 6) is 1.80. The van der Waals surface area contributed by atoms with E-state index in [4.69, 9.17) is 4.74 Å². The van der Waals surface area contributed by atoms with Crippen LogP contribution in [0.4, 0.5) is 0 Å². The third kappa shape index (κ3) is 9.66. The van der Waals surface area contributed by atoms with Gasteiger partial charge in [0.25, 0.3) is 0 Å². The third-order valence-corrected chi connectivity index (χ3v) is 4.27. The van der Waals surface area contributed by atoms with Crippen LogP contribution in [0.3, 0.4) is 0 Å². The van der Waals surface area contributed by atoms with Gasteiger partial charge in [-0.15, -0.1) is 0 Å². The van der Waals surface area contributed by atoms with Gasteiger partial charge in [0.2, 0.25) is 0 Å². The summed E-state index contributed by atoms with van der Waals surface area (Å²) < 4.78 is 5.74. The lowest BCUT2D eigenvalue weighted by Gasteiger charge is -2.15. The quantitative estimate of drug-likeness (QED) is 0.339. The molecule has 148 valence electrons. The van der Waals surface area contributed by atoms with Crippen LogP contribution >= 0.6 is 0 Å². The highest BCUT2D eigenvalue weighted by molar-refractivity contribution is 5.79. The van der Waals surface area contributed by atoms with Crippen LogP contribution in [0.15, 0.2) is 23.2 Å². The van der Waals surface area contributed by atoms with Crippen molar-refractivity contribution in [2.75, 3.05) is 40.8 Å². The van der Waals surface area contributed by atoms with Crippen molar-refractivity contribution >= 4 is 5.96 Å². The van der Waals surface area contributed by atoms with Gasteiger partial charge in [-0.05, 0) is 59.0 Å². The van der Waals surface area contributed by atoms with Gasteiger partial charge in [-0.3, -0.25) is 4.99 Å². The van der Waals surface area contributed by atoms with E-state index < -0.39 is 0 Å². The largest absolute Gasteiger partial charge is 0.494 e. The number of benzene rings is 1. The smallest absolute Gasteiger partial charge is 0.191 e. The van der Waals surface area contributed by atoms with Crippen LogP contribution in [0, 0.1) is 6.92 Å². The van der Waals surface area contributed by atoms with Crippen LogP contribution in [-0.4, -0.2) is 51.7 Å². The van der Waals surface area contributed by atoms with E-state index in [-0.39, 0.29) is 0 Å². The lowest BCUT2D eigenvalue weighted by atomic mass is 10.1. The van der Waals surface area contributed by atoms with Gasteiger partial charge in [-0.1, -0.05) is 31.4 Å². The molecular weight excluding hydrogens is 324 g/mol. The van der Waals surface area contributed by atoms with Crippen LogP contribution in [0.25, 0.3) is 0 Å². The molecule has 0 aliphatic rings. The predicted octanol–water partition coefficient (Wildman–Crippen LogP) is 3.57. The lowest BCUT2D eigenvalue weighted by molar-refractivity contribution is 0.336. The maximum Gasteiger partial charge on any atom is 0.191 e. The SMILES string of the molecule is CCOc1cc(C)ccc1CNC(=NC)NCCCCCCCN(C)C. The Balaban J connectivity index is 2.25. The van der Waals surface area contributed by atoms with Crippen molar-refractivity contribution in [2.45, 2.75) is 52.5 Å². The Kier molecular flexibility index (Phi) is 11.5. The number of nitrogens with one attached hydrogen (secondary N) is 2. The number of rotatable bonds is 12. The van der Waals surface area contributed by atoms with Crippen molar-refractivity contribution < 1.29 is 4.74 Å². The number of nitrogens with zero attached hydrogens (tertiary/aromatic N) is 2. The molecule has 0 spiro atoms. The summed E-state index contributed by atoms with van der Waals surface area (Å²) in [5.41, 5.74) is 2.37. The molecule has 0 fully saturated rings. The second-order valence-corrected chi connectivity index (χ2v) is 6.97. The van der Waals surface area contributed by atoms with Gasteiger partial charge < -0.3 is 20.3 Å². The predicted molar refractivity (Wildman–Crippen MR) is 112 cm³/mol. The van der Waals surface area contributed by atoms with Gasteiger partial charge in [-0.2, -0.15) is 0 Å². The first-order valence-electron chi connectivity index (χ1n) is 9.88. The first-order chi connectivity index (χ1) is 12.6. The molecule has 0 amide bonds. The van der Waals surface area contributed by atoms with Crippen LogP contribution in [0.1, 0.15) is 50.2 Å². The first kappa shape index (κ1) is 22.3. The third-order valence-electron chi connectivity index (χ3n) is 4.27. The highest BCUT2D eigenvalue weighted by Crippen LogP contribution is 2.20. The molecule has 0 bridgehead atoms. The van der Waals surface area contributed by atoms with Crippen molar-refractivity contribution in [2.24, 2.45) is 4.99 Å². The number of hydrogen-bond donors (Lipinski definition) is 2.